The number of hydrogen-bond donors (Lipinski definition) is 1. The second-order valence-electron chi connectivity index (χ2n) is 3.44. The molecule has 78 valence electrons. The molecule has 0 aliphatic rings. The second kappa shape index (κ2) is 5.60. The Bertz CT molecular complexity index is 289. The third-order valence-electron chi connectivity index (χ3n) is 2.35. The van der Waals surface area contributed by atoms with Crippen molar-refractivity contribution in [2.24, 2.45) is 0 Å². The zero-order chi connectivity index (χ0) is 10.4. The van der Waals surface area contributed by atoms with Gasteiger partial charge < -0.3 is 5.32 Å². The highest BCUT2D eigenvalue weighted by Gasteiger charge is 2.03. The van der Waals surface area contributed by atoms with Crippen LogP contribution >= 0.6 is 0 Å². The van der Waals surface area contributed by atoms with Gasteiger partial charge in [-0.2, -0.15) is 5.10 Å². The maximum absolute atomic E-state index is 4.35. The molecule has 0 saturated carbocycles. The first kappa shape index (κ1) is 11.0. The van der Waals surface area contributed by atoms with Crippen LogP contribution < -0.4 is 5.32 Å². The molecule has 1 heterocycles. The molecule has 0 fully saturated rings. The summed E-state index contributed by atoms with van der Waals surface area (Å²) in [5.74, 6) is 0. The third-order valence-corrected chi connectivity index (χ3v) is 2.35. The number of rotatable bonds is 6. The molecule has 14 heavy (non-hydrogen) atoms. The van der Waals surface area contributed by atoms with E-state index in [0.29, 0.717) is 0 Å². The van der Waals surface area contributed by atoms with Gasteiger partial charge in [0.2, 0.25) is 0 Å². The molecule has 0 saturated heterocycles. The van der Waals surface area contributed by atoms with Crippen LogP contribution in [0.15, 0.2) is 18.9 Å². The molecule has 0 spiro atoms. The summed E-state index contributed by atoms with van der Waals surface area (Å²) in [6.45, 7) is 7.71. The van der Waals surface area contributed by atoms with Gasteiger partial charge in [-0.05, 0) is 26.8 Å². The fourth-order valence-electron chi connectivity index (χ4n) is 1.46. The zero-order valence-electron chi connectivity index (χ0n) is 9.08. The molecule has 0 unspecified atom stereocenters. The summed E-state index contributed by atoms with van der Waals surface area (Å²) in [5.41, 5.74) is 2.55. The lowest BCUT2D eigenvalue weighted by molar-refractivity contribution is 0.568. The van der Waals surface area contributed by atoms with E-state index < -0.39 is 0 Å². The van der Waals surface area contributed by atoms with E-state index in [9.17, 15) is 0 Å². The lowest BCUT2D eigenvalue weighted by Gasteiger charge is -2.04. The maximum atomic E-state index is 4.35. The topological polar surface area (TPSA) is 29.9 Å². The SMILES string of the molecule is C=CCCCn1ncc(CNC)c1C. The van der Waals surface area contributed by atoms with E-state index in [1.807, 2.05) is 19.3 Å². The van der Waals surface area contributed by atoms with E-state index in [1.165, 1.54) is 11.3 Å². The molecule has 0 aliphatic heterocycles. The van der Waals surface area contributed by atoms with E-state index in [-0.39, 0.29) is 0 Å². The Kier molecular flexibility index (Phi) is 4.40. The van der Waals surface area contributed by atoms with E-state index in [2.05, 4.69) is 28.6 Å². The smallest absolute Gasteiger partial charge is 0.0537 e. The van der Waals surface area contributed by atoms with Gasteiger partial charge in [0.1, 0.15) is 0 Å². The summed E-state index contributed by atoms with van der Waals surface area (Å²) in [7, 11) is 1.95. The Labute approximate surface area is 85.8 Å². The first-order valence-corrected chi connectivity index (χ1v) is 5.06. The number of allylic oxidation sites excluding steroid dienone is 1. The highest BCUT2D eigenvalue weighted by molar-refractivity contribution is 5.15. The Morgan fingerprint density at radius 2 is 2.43 bits per heavy atom. The number of nitrogens with one attached hydrogen (secondary N) is 1. The highest BCUT2D eigenvalue weighted by atomic mass is 15.3. The van der Waals surface area contributed by atoms with Crippen LogP contribution in [0.4, 0.5) is 0 Å². The normalized spacial score (nSPS) is 10.4. The molecular weight excluding hydrogens is 174 g/mol. The van der Waals surface area contributed by atoms with Crippen LogP contribution in [0.3, 0.4) is 0 Å². The van der Waals surface area contributed by atoms with Crippen LogP contribution in [0, 0.1) is 6.92 Å². The number of hydrogen-bond acceptors (Lipinski definition) is 2. The summed E-state index contributed by atoms with van der Waals surface area (Å²) >= 11 is 0. The van der Waals surface area contributed by atoms with Crippen molar-refractivity contribution in [1.29, 1.82) is 0 Å². The standard InChI is InChI=1S/C11H19N3/c1-4-5-6-7-14-10(2)11(8-12-3)9-13-14/h4,9,12H,1,5-8H2,2-3H3. The minimum atomic E-state index is 0.896. The Balaban J connectivity index is 2.55. The quantitative estimate of drug-likeness (QED) is 0.552. The highest BCUT2D eigenvalue weighted by Crippen LogP contribution is 2.07. The molecule has 3 heteroatoms. The average molecular weight is 193 g/mol. The predicted octanol–water partition coefficient (Wildman–Crippen LogP) is 1.88. The zero-order valence-corrected chi connectivity index (χ0v) is 9.08. The van der Waals surface area contributed by atoms with Gasteiger partial charge in [-0.1, -0.05) is 6.08 Å². The first-order chi connectivity index (χ1) is 6.79. The lowest BCUT2D eigenvalue weighted by atomic mass is 10.2. The van der Waals surface area contributed by atoms with Gasteiger partial charge in [0, 0.05) is 24.3 Å². The van der Waals surface area contributed by atoms with Crippen LogP contribution in [0.1, 0.15) is 24.1 Å². The minimum absolute atomic E-state index is 0.896. The van der Waals surface area contributed by atoms with Gasteiger partial charge in [0.15, 0.2) is 0 Å². The molecule has 1 aromatic rings. The van der Waals surface area contributed by atoms with Crippen LogP contribution in [-0.4, -0.2) is 16.8 Å². The largest absolute Gasteiger partial charge is 0.316 e. The van der Waals surface area contributed by atoms with E-state index >= 15 is 0 Å². The van der Waals surface area contributed by atoms with Crippen molar-refractivity contribution in [3.05, 3.63) is 30.1 Å². The summed E-state index contributed by atoms with van der Waals surface area (Å²) in [4.78, 5) is 0. The summed E-state index contributed by atoms with van der Waals surface area (Å²) in [6, 6.07) is 0. The van der Waals surface area contributed by atoms with Crippen molar-refractivity contribution >= 4 is 0 Å². The fourth-order valence-corrected chi connectivity index (χ4v) is 1.46. The molecule has 1 rings (SSSR count). The molecule has 3 nitrogen and oxygen atoms in total. The van der Waals surface area contributed by atoms with E-state index in [0.717, 1.165) is 25.9 Å². The van der Waals surface area contributed by atoms with Crippen molar-refractivity contribution in [1.82, 2.24) is 15.1 Å². The number of aromatic nitrogens is 2. The molecule has 1 N–H and O–H groups in total. The number of aryl methyl sites for hydroxylation is 1. The van der Waals surface area contributed by atoms with Crippen molar-refractivity contribution in [2.75, 3.05) is 7.05 Å². The molecule has 0 aromatic carbocycles. The summed E-state index contributed by atoms with van der Waals surface area (Å²) in [5, 5.41) is 7.48. The van der Waals surface area contributed by atoms with Gasteiger partial charge in [-0.3, -0.25) is 4.68 Å². The van der Waals surface area contributed by atoms with Gasteiger partial charge in [0.25, 0.3) is 0 Å². The Hall–Kier alpha value is -1.09. The van der Waals surface area contributed by atoms with Gasteiger partial charge in [0.05, 0.1) is 6.20 Å². The van der Waals surface area contributed by atoms with Crippen LogP contribution in [0.25, 0.3) is 0 Å². The van der Waals surface area contributed by atoms with Crippen molar-refractivity contribution in [3.63, 3.8) is 0 Å². The summed E-state index contributed by atoms with van der Waals surface area (Å²) < 4.78 is 2.07. The van der Waals surface area contributed by atoms with E-state index in [4.69, 9.17) is 0 Å². The predicted molar refractivity (Wildman–Crippen MR) is 59.2 cm³/mol. The van der Waals surface area contributed by atoms with Crippen molar-refractivity contribution in [3.8, 4) is 0 Å². The first-order valence-electron chi connectivity index (χ1n) is 5.06. The molecule has 0 aliphatic carbocycles. The summed E-state index contributed by atoms with van der Waals surface area (Å²) in [6.07, 6.45) is 6.07. The average Bonchev–Trinajstić information content (AvgIpc) is 2.51. The van der Waals surface area contributed by atoms with Crippen LogP contribution in [0.5, 0.6) is 0 Å². The second-order valence-corrected chi connectivity index (χ2v) is 3.44. The fraction of sp³-hybridized carbons (Fsp3) is 0.545. The Morgan fingerprint density at radius 1 is 1.64 bits per heavy atom. The van der Waals surface area contributed by atoms with Crippen LogP contribution in [-0.2, 0) is 13.1 Å². The molecular formula is C11H19N3. The van der Waals surface area contributed by atoms with Crippen LogP contribution in [0.2, 0.25) is 0 Å². The maximum Gasteiger partial charge on any atom is 0.0537 e. The molecule has 1 aromatic heterocycles. The molecule has 0 bridgehead atoms. The third kappa shape index (κ3) is 2.70. The lowest BCUT2D eigenvalue weighted by Crippen LogP contribution is -2.07. The van der Waals surface area contributed by atoms with Crippen molar-refractivity contribution < 1.29 is 0 Å². The molecule has 0 amide bonds. The van der Waals surface area contributed by atoms with Gasteiger partial charge in [-0.25, -0.2) is 0 Å². The molecule has 0 atom stereocenters. The van der Waals surface area contributed by atoms with E-state index in [1.54, 1.807) is 0 Å². The van der Waals surface area contributed by atoms with Crippen molar-refractivity contribution in [2.45, 2.75) is 32.9 Å². The number of nitrogens with zero attached hydrogens (tertiary/aromatic N) is 2. The monoisotopic (exact) mass is 193 g/mol. The van der Waals surface area contributed by atoms with Gasteiger partial charge >= 0.3 is 0 Å². The molecule has 0 radical (unpaired) electrons. The number of unbranched alkanes of at least 4 members (excludes halogenated alkanes) is 1. The van der Waals surface area contributed by atoms with Gasteiger partial charge in [-0.15, -0.1) is 6.58 Å². The Morgan fingerprint density at radius 3 is 3.07 bits per heavy atom. The minimum Gasteiger partial charge on any atom is -0.316 e.